The fraction of sp³-hybridized carbons (Fsp3) is 0.562. The highest BCUT2D eigenvalue weighted by Crippen LogP contribution is 2.31. The van der Waals surface area contributed by atoms with Gasteiger partial charge in [-0.15, -0.1) is 0 Å². The van der Waals surface area contributed by atoms with Crippen molar-refractivity contribution in [3.8, 4) is 0 Å². The molecule has 1 aromatic carbocycles. The van der Waals surface area contributed by atoms with Gasteiger partial charge in [-0.2, -0.15) is 0 Å². The highest BCUT2D eigenvalue weighted by molar-refractivity contribution is 5.73. The molecule has 1 aromatic rings. The van der Waals surface area contributed by atoms with Crippen molar-refractivity contribution >= 4 is 5.97 Å². The molecular weight excluding hydrogens is 240 g/mol. The van der Waals surface area contributed by atoms with E-state index in [1.165, 1.54) is 0 Å². The van der Waals surface area contributed by atoms with E-state index in [0.717, 1.165) is 16.7 Å². The van der Waals surface area contributed by atoms with E-state index < -0.39 is 12.0 Å². The third kappa shape index (κ3) is 3.80. The van der Waals surface area contributed by atoms with Crippen LogP contribution in [0, 0.1) is 25.7 Å². The largest absolute Gasteiger partial charge is 0.466 e. The summed E-state index contributed by atoms with van der Waals surface area (Å²) in [4.78, 5) is 12.0. The number of hydrogen-bond acceptors (Lipinski definition) is 3. The van der Waals surface area contributed by atoms with Gasteiger partial charge >= 0.3 is 5.97 Å². The predicted molar refractivity (Wildman–Crippen MR) is 75.8 cm³/mol. The lowest BCUT2D eigenvalue weighted by Gasteiger charge is -2.26. The van der Waals surface area contributed by atoms with E-state index in [2.05, 4.69) is 0 Å². The zero-order valence-corrected chi connectivity index (χ0v) is 12.4. The molecule has 0 saturated carbocycles. The van der Waals surface area contributed by atoms with Gasteiger partial charge in [-0.3, -0.25) is 4.79 Å². The first-order chi connectivity index (χ1) is 8.88. The zero-order valence-electron chi connectivity index (χ0n) is 12.4. The Morgan fingerprint density at radius 2 is 1.95 bits per heavy atom. The summed E-state index contributed by atoms with van der Waals surface area (Å²) in [6, 6.07) is 5.91. The first-order valence-electron chi connectivity index (χ1n) is 6.80. The minimum Gasteiger partial charge on any atom is -0.466 e. The molecule has 0 spiro atoms. The zero-order chi connectivity index (χ0) is 14.6. The molecule has 2 atom stereocenters. The smallest absolute Gasteiger partial charge is 0.312 e. The second kappa shape index (κ2) is 6.71. The van der Waals surface area contributed by atoms with E-state index in [1.807, 2.05) is 45.9 Å². The van der Waals surface area contributed by atoms with Crippen LogP contribution in [0.2, 0.25) is 0 Å². The molecule has 0 fully saturated rings. The van der Waals surface area contributed by atoms with Crippen LogP contribution in [0.1, 0.15) is 43.6 Å². The van der Waals surface area contributed by atoms with Crippen molar-refractivity contribution in [3.05, 3.63) is 34.9 Å². The summed E-state index contributed by atoms with van der Waals surface area (Å²) < 4.78 is 5.08. The van der Waals surface area contributed by atoms with Crippen LogP contribution in [0.15, 0.2) is 18.2 Å². The second-order valence-electron chi connectivity index (χ2n) is 5.33. The van der Waals surface area contributed by atoms with Gasteiger partial charge in [0.1, 0.15) is 0 Å². The molecule has 0 heterocycles. The highest BCUT2D eigenvalue weighted by Gasteiger charge is 2.32. The van der Waals surface area contributed by atoms with Crippen molar-refractivity contribution in [1.82, 2.24) is 0 Å². The molecule has 0 saturated heterocycles. The number of carbonyl (C=O) groups excluding carboxylic acids is 1. The van der Waals surface area contributed by atoms with Gasteiger partial charge in [0, 0.05) is 0 Å². The third-order valence-corrected chi connectivity index (χ3v) is 3.37. The Hall–Kier alpha value is -1.35. The van der Waals surface area contributed by atoms with Crippen LogP contribution in [-0.2, 0) is 9.53 Å². The lowest BCUT2D eigenvalue weighted by atomic mass is 9.84. The minimum absolute atomic E-state index is 0.0222. The monoisotopic (exact) mass is 264 g/mol. The Kier molecular flexibility index (Phi) is 5.55. The summed E-state index contributed by atoms with van der Waals surface area (Å²) in [6.45, 7) is 9.89. The molecule has 106 valence electrons. The number of aliphatic hydroxyl groups excluding tert-OH is 1. The van der Waals surface area contributed by atoms with Gasteiger partial charge in [0.05, 0.1) is 18.6 Å². The molecule has 3 nitrogen and oxygen atoms in total. The fourth-order valence-electron chi connectivity index (χ4n) is 2.28. The topological polar surface area (TPSA) is 46.5 Å². The lowest BCUT2D eigenvalue weighted by molar-refractivity contribution is -0.154. The maximum absolute atomic E-state index is 12.0. The summed E-state index contributed by atoms with van der Waals surface area (Å²) in [5, 5.41) is 10.6. The Balaban J connectivity index is 3.08. The number of hydrogen-bond donors (Lipinski definition) is 1. The fourth-order valence-corrected chi connectivity index (χ4v) is 2.28. The molecule has 0 aliphatic heterocycles. The van der Waals surface area contributed by atoms with E-state index in [-0.39, 0.29) is 11.9 Å². The van der Waals surface area contributed by atoms with E-state index in [9.17, 15) is 9.90 Å². The number of carbonyl (C=O) groups is 1. The molecule has 0 radical (unpaired) electrons. The van der Waals surface area contributed by atoms with Gasteiger partial charge in [0.2, 0.25) is 0 Å². The maximum atomic E-state index is 12.0. The quantitative estimate of drug-likeness (QED) is 0.831. The standard InChI is InChI=1S/C16H24O3/c1-6-19-16(18)14(10(2)3)15(17)13-9-11(4)7-8-12(13)5/h7-10,14-15,17H,6H2,1-5H3. The van der Waals surface area contributed by atoms with E-state index in [1.54, 1.807) is 6.92 Å². The molecule has 0 aliphatic carbocycles. The maximum Gasteiger partial charge on any atom is 0.312 e. The van der Waals surface area contributed by atoms with E-state index in [4.69, 9.17) is 4.74 Å². The van der Waals surface area contributed by atoms with Crippen molar-refractivity contribution in [1.29, 1.82) is 0 Å². The SMILES string of the molecule is CCOC(=O)C(C(C)C)C(O)c1cc(C)ccc1C. The number of rotatable bonds is 5. The second-order valence-corrected chi connectivity index (χ2v) is 5.33. The molecule has 1 rings (SSSR count). The Morgan fingerprint density at radius 1 is 1.32 bits per heavy atom. The van der Waals surface area contributed by atoms with Gasteiger partial charge in [0.25, 0.3) is 0 Å². The molecule has 19 heavy (non-hydrogen) atoms. The number of aryl methyl sites for hydroxylation is 2. The summed E-state index contributed by atoms with van der Waals surface area (Å²) in [7, 11) is 0. The van der Waals surface area contributed by atoms with E-state index in [0.29, 0.717) is 6.61 Å². The molecule has 2 unspecified atom stereocenters. The van der Waals surface area contributed by atoms with Crippen LogP contribution in [0.5, 0.6) is 0 Å². The highest BCUT2D eigenvalue weighted by atomic mass is 16.5. The van der Waals surface area contributed by atoms with Gasteiger partial charge in [-0.25, -0.2) is 0 Å². The van der Waals surface area contributed by atoms with Gasteiger partial charge in [-0.05, 0) is 37.8 Å². The molecule has 0 amide bonds. The number of aliphatic hydroxyl groups is 1. The Labute approximate surface area is 115 Å². The summed E-state index contributed by atoms with van der Waals surface area (Å²) in [5.74, 6) is -0.833. The van der Waals surface area contributed by atoms with Crippen molar-refractivity contribution in [2.24, 2.45) is 11.8 Å². The summed E-state index contributed by atoms with van der Waals surface area (Å²) in [5.41, 5.74) is 2.88. The van der Waals surface area contributed by atoms with E-state index >= 15 is 0 Å². The predicted octanol–water partition coefficient (Wildman–Crippen LogP) is 3.17. The van der Waals surface area contributed by atoms with Crippen LogP contribution in [0.4, 0.5) is 0 Å². The minimum atomic E-state index is -0.820. The summed E-state index contributed by atoms with van der Waals surface area (Å²) in [6.07, 6.45) is -0.820. The molecule has 3 heteroatoms. The van der Waals surface area contributed by atoms with Crippen LogP contribution in [0.25, 0.3) is 0 Å². The van der Waals surface area contributed by atoms with Crippen LogP contribution >= 0.6 is 0 Å². The average Bonchev–Trinajstić information content (AvgIpc) is 2.32. The number of esters is 1. The molecule has 0 aliphatic rings. The van der Waals surface area contributed by atoms with Crippen LogP contribution in [-0.4, -0.2) is 17.7 Å². The van der Waals surface area contributed by atoms with Crippen molar-refractivity contribution in [3.63, 3.8) is 0 Å². The normalized spacial score (nSPS) is 14.3. The van der Waals surface area contributed by atoms with Gasteiger partial charge in [0.15, 0.2) is 0 Å². The van der Waals surface area contributed by atoms with Gasteiger partial charge in [-0.1, -0.05) is 37.6 Å². The van der Waals surface area contributed by atoms with Gasteiger partial charge < -0.3 is 9.84 Å². The van der Waals surface area contributed by atoms with Crippen LogP contribution in [0.3, 0.4) is 0 Å². The van der Waals surface area contributed by atoms with Crippen molar-refractivity contribution in [2.45, 2.75) is 40.7 Å². The molecule has 0 bridgehead atoms. The number of benzene rings is 1. The van der Waals surface area contributed by atoms with Crippen LogP contribution < -0.4 is 0 Å². The average molecular weight is 264 g/mol. The Bertz CT molecular complexity index is 438. The first kappa shape index (κ1) is 15.7. The molecular formula is C16H24O3. The third-order valence-electron chi connectivity index (χ3n) is 3.37. The van der Waals surface area contributed by atoms with Crippen molar-refractivity contribution < 1.29 is 14.6 Å². The molecule has 0 aromatic heterocycles. The summed E-state index contributed by atoms with van der Waals surface area (Å²) >= 11 is 0. The number of ether oxygens (including phenoxy) is 1. The van der Waals surface area contributed by atoms with Crippen molar-refractivity contribution in [2.75, 3.05) is 6.61 Å². The first-order valence-corrected chi connectivity index (χ1v) is 6.80. The Morgan fingerprint density at radius 3 is 2.47 bits per heavy atom. The lowest BCUT2D eigenvalue weighted by Crippen LogP contribution is -2.29. The molecule has 1 N–H and O–H groups in total.